The van der Waals surface area contributed by atoms with Crippen LogP contribution in [0.1, 0.15) is 49.9 Å². The van der Waals surface area contributed by atoms with E-state index in [2.05, 4.69) is 207 Å². The highest BCUT2D eigenvalue weighted by molar-refractivity contribution is 6.24. The van der Waals surface area contributed by atoms with E-state index < -0.39 is 0 Å². The predicted octanol–water partition coefficient (Wildman–Crippen LogP) is 17.0. The van der Waals surface area contributed by atoms with Crippen LogP contribution in [0.15, 0.2) is 179 Å². The molecule has 4 nitrogen and oxygen atoms in total. The molecule has 0 N–H and O–H groups in total. The quantitative estimate of drug-likeness (QED) is 0.138. The van der Waals surface area contributed by atoms with Crippen molar-refractivity contribution in [2.45, 2.75) is 53.4 Å². The van der Waals surface area contributed by atoms with Gasteiger partial charge in [-0.1, -0.05) is 88.4 Å². The van der Waals surface area contributed by atoms with Gasteiger partial charge in [0.2, 0.25) is 0 Å². The third kappa shape index (κ3) is 6.29. The van der Waals surface area contributed by atoms with Crippen molar-refractivity contribution in [3.63, 3.8) is 0 Å². The van der Waals surface area contributed by atoms with Crippen LogP contribution in [0.2, 0.25) is 0 Å². The van der Waals surface area contributed by atoms with Crippen molar-refractivity contribution in [2.75, 3.05) is 9.80 Å². The van der Waals surface area contributed by atoms with Crippen molar-refractivity contribution in [2.24, 2.45) is 0 Å². The summed E-state index contributed by atoms with van der Waals surface area (Å²) in [4.78, 5) is 4.69. The summed E-state index contributed by atoms with van der Waals surface area (Å²) in [7, 11) is 0. The molecule has 11 aromatic rings. The first-order chi connectivity index (χ1) is 30.5. The van der Waals surface area contributed by atoms with Gasteiger partial charge in [-0.05, 0) is 168 Å². The molecule has 0 spiro atoms. The number of fused-ring (bicyclic) bond motifs is 11. The lowest BCUT2D eigenvalue weighted by molar-refractivity contribution is 0.637. The fourth-order valence-electron chi connectivity index (χ4n) is 9.31. The van der Waals surface area contributed by atoms with Gasteiger partial charge in [0.05, 0.1) is 0 Å². The molecule has 0 unspecified atom stereocenters. The highest BCUT2D eigenvalue weighted by Crippen LogP contribution is 2.45. The van der Waals surface area contributed by atoms with Crippen molar-refractivity contribution in [3.8, 4) is 0 Å². The number of anilines is 6. The lowest BCUT2D eigenvalue weighted by Crippen LogP contribution is -2.10. The normalized spacial score (nSPS) is 11.8. The summed E-state index contributed by atoms with van der Waals surface area (Å²) in [6, 6.07) is 62.3. The standard InChI is InChI=1S/C58H48N2O2/c1-5-37-9-19-43(20-10-37)59(44-21-11-38(6-2)12-22-44)47-27-31-49-41(35-47)17-29-51-53-33-34-54-52-30-18-42-36-48(28-32-50(42)56(52)62-58(54)57(53)61-55(49)51)60(45-23-13-39(7-3)14-24-45)46-25-15-40(8-4)16-26-46/h9-36H,5-8H2,1-4H3. The van der Waals surface area contributed by atoms with Gasteiger partial charge in [-0.15, -0.1) is 0 Å². The van der Waals surface area contributed by atoms with E-state index in [0.717, 1.165) is 125 Å². The Labute approximate surface area is 362 Å². The molecule has 302 valence electrons. The largest absolute Gasteiger partial charge is 0.451 e. The van der Waals surface area contributed by atoms with Crippen LogP contribution in [0.4, 0.5) is 34.1 Å². The van der Waals surface area contributed by atoms with Gasteiger partial charge in [-0.25, -0.2) is 0 Å². The molecule has 2 heterocycles. The molecule has 2 aromatic heterocycles. The van der Waals surface area contributed by atoms with Crippen molar-refractivity contribution < 1.29 is 8.83 Å². The molecule has 0 aliphatic carbocycles. The fraction of sp³-hybridized carbons (Fsp3) is 0.138. The van der Waals surface area contributed by atoms with Gasteiger partial charge in [0.25, 0.3) is 0 Å². The zero-order valence-electron chi connectivity index (χ0n) is 35.7. The second-order valence-corrected chi connectivity index (χ2v) is 16.5. The lowest BCUT2D eigenvalue weighted by Gasteiger charge is -2.26. The summed E-state index contributed by atoms with van der Waals surface area (Å²) in [6.07, 6.45) is 4.04. The number of furan rings is 2. The van der Waals surface area contributed by atoms with Crippen LogP contribution in [0.5, 0.6) is 0 Å². The summed E-state index contributed by atoms with van der Waals surface area (Å²) in [5, 5.41) is 8.66. The number of nitrogens with zero attached hydrogens (tertiary/aromatic N) is 2. The second kappa shape index (κ2) is 15.3. The molecule has 11 rings (SSSR count). The van der Waals surface area contributed by atoms with Gasteiger partial charge in [0.15, 0.2) is 11.2 Å². The zero-order chi connectivity index (χ0) is 41.9. The number of aryl methyl sites for hydroxylation is 4. The van der Waals surface area contributed by atoms with E-state index in [1.165, 1.54) is 22.3 Å². The second-order valence-electron chi connectivity index (χ2n) is 16.5. The first-order valence-corrected chi connectivity index (χ1v) is 22.1. The molecule has 0 fully saturated rings. The van der Waals surface area contributed by atoms with Gasteiger partial charge in [0, 0.05) is 66.4 Å². The maximum atomic E-state index is 6.91. The zero-order valence-corrected chi connectivity index (χ0v) is 35.7. The van der Waals surface area contributed by atoms with E-state index in [1.54, 1.807) is 0 Å². The summed E-state index contributed by atoms with van der Waals surface area (Å²) in [6.45, 7) is 8.79. The molecule has 0 radical (unpaired) electrons. The minimum absolute atomic E-state index is 0.779. The minimum Gasteiger partial charge on any atom is -0.451 e. The molecule has 0 saturated carbocycles. The van der Waals surface area contributed by atoms with E-state index in [1.807, 2.05) is 0 Å². The number of benzene rings is 9. The van der Waals surface area contributed by atoms with Gasteiger partial charge in [-0.2, -0.15) is 0 Å². The summed E-state index contributed by atoms with van der Waals surface area (Å²) in [5.74, 6) is 0. The van der Waals surface area contributed by atoms with Crippen LogP contribution >= 0.6 is 0 Å². The molecular weight excluding hydrogens is 757 g/mol. The van der Waals surface area contributed by atoms with Crippen molar-refractivity contribution in [1.82, 2.24) is 0 Å². The predicted molar refractivity (Wildman–Crippen MR) is 263 cm³/mol. The van der Waals surface area contributed by atoms with Crippen molar-refractivity contribution in [3.05, 3.63) is 192 Å². The minimum atomic E-state index is 0.779. The Kier molecular flexibility index (Phi) is 9.30. The Balaban J connectivity index is 1.01. The van der Waals surface area contributed by atoms with Crippen molar-refractivity contribution >= 4 is 99.5 Å². The maximum absolute atomic E-state index is 6.91. The molecule has 62 heavy (non-hydrogen) atoms. The topological polar surface area (TPSA) is 32.8 Å². The smallest absolute Gasteiger partial charge is 0.178 e. The van der Waals surface area contributed by atoms with Crippen LogP contribution in [-0.4, -0.2) is 0 Å². The van der Waals surface area contributed by atoms with Crippen LogP contribution in [0.3, 0.4) is 0 Å². The molecule has 9 aromatic carbocycles. The molecule has 0 amide bonds. The Morgan fingerprint density at radius 3 is 0.839 bits per heavy atom. The average molecular weight is 805 g/mol. The summed E-state index contributed by atoms with van der Waals surface area (Å²) >= 11 is 0. The highest BCUT2D eigenvalue weighted by atomic mass is 16.4. The van der Waals surface area contributed by atoms with Crippen LogP contribution in [-0.2, 0) is 25.7 Å². The lowest BCUT2D eigenvalue weighted by atomic mass is 10.0. The molecule has 0 aliphatic rings. The Hall–Kier alpha value is -7.30. The maximum Gasteiger partial charge on any atom is 0.178 e. The van der Waals surface area contributed by atoms with Gasteiger partial charge in [0.1, 0.15) is 11.2 Å². The third-order valence-corrected chi connectivity index (χ3v) is 12.9. The Morgan fingerprint density at radius 1 is 0.274 bits per heavy atom. The van der Waals surface area contributed by atoms with E-state index in [-0.39, 0.29) is 0 Å². The van der Waals surface area contributed by atoms with E-state index in [0.29, 0.717) is 0 Å². The van der Waals surface area contributed by atoms with Crippen molar-refractivity contribution in [1.29, 1.82) is 0 Å². The molecule has 4 heteroatoms. The number of hydrogen-bond acceptors (Lipinski definition) is 4. The average Bonchev–Trinajstić information content (AvgIpc) is 3.92. The van der Waals surface area contributed by atoms with Gasteiger partial charge >= 0.3 is 0 Å². The first-order valence-electron chi connectivity index (χ1n) is 22.1. The molecular formula is C58H48N2O2. The third-order valence-electron chi connectivity index (χ3n) is 12.9. The fourth-order valence-corrected chi connectivity index (χ4v) is 9.31. The number of hydrogen-bond donors (Lipinski definition) is 0. The monoisotopic (exact) mass is 804 g/mol. The van der Waals surface area contributed by atoms with E-state index in [9.17, 15) is 0 Å². The SMILES string of the molecule is CCc1ccc(N(c2ccc(CC)cc2)c2ccc3c(ccc4c5ccc6c7ccc8cc(N(c9ccc(CC)cc9)c9ccc(CC)cc9)ccc8c7oc6c5oc34)c2)cc1. The Bertz CT molecular complexity index is 3100. The number of rotatable bonds is 10. The van der Waals surface area contributed by atoms with Crippen LogP contribution < -0.4 is 9.80 Å². The highest BCUT2D eigenvalue weighted by Gasteiger charge is 2.21. The molecule has 0 atom stereocenters. The van der Waals surface area contributed by atoms with Crippen LogP contribution in [0.25, 0.3) is 65.4 Å². The first kappa shape index (κ1) is 37.7. The van der Waals surface area contributed by atoms with Gasteiger partial charge in [-0.3, -0.25) is 0 Å². The summed E-state index contributed by atoms with van der Waals surface area (Å²) < 4.78 is 13.8. The van der Waals surface area contributed by atoms with Gasteiger partial charge < -0.3 is 18.6 Å². The molecule has 0 bridgehead atoms. The molecule has 0 saturated heterocycles. The molecule has 0 aliphatic heterocycles. The Morgan fingerprint density at radius 2 is 0.532 bits per heavy atom. The van der Waals surface area contributed by atoms with Crippen LogP contribution in [0, 0.1) is 0 Å². The van der Waals surface area contributed by atoms with E-state index >= 15 is 0 Å². The van der Waals surface area contributed by atoms with E-state index in [4.69, 9.17) is 8.83 Å². The summed E-state index contributed by atoms with van der Waals surface area (Å²) in [5.41, 5.74) is 15.3.